The van der Waals surface area contributed by atoms with Gasteiger partial charge in [0.25, 0.3) is 15.2 Å². The Hall–Kier alpha value is -2.72. The molecule has 0 atom stereocenters. The number of carbonyl (C=O) groups is 1. The second-order valence-corrected chi connectivity index (χ2v) is 10.3. The number of nitrogens with zero attached hydrogens (tertiary/aromatic N) is 1. The molecule has 3 aromatic carbocycles. The summed E-state index contributed by atoms with van der Waals surface area (Å²) in [6.45, 7) is 0.314. The average molecular weight is 522 g/mol. The van der Waals surface area contributed by atoms with Gasteiger partial charge in [-0.2, -0.15) is 0 Å². The number of hydrogen-bond acceptors (Lipinski definition) is 6. The number of aromatic nitrogens is 1. The van der Waals surface area contributed by atoms with Crippen LogP contribution in [0.2, 0.25) is 10.0 Å². The normalized spacial score (nSPS) is 11.5. The summed E-state index contributed by atoms with van der Waals surface area (Å²) in [6.07, 6.45) is 0. The van der Waals surface area contributed by atoms with Crippen LogP contribution < -0.4 is 10.0 Å². The molecular weight excluding hydrogens is 505 g/mol. The summed E-state index contributed by atoms with van der Waals surface area (Å²) in [4.78, 5) is 16.5. The lowest BCUT2D eigenvalue weighted by Gasteiger charge is -2.07. The van der Waals surface area contributed by atoms with E-state index in [4.69, 9.17) is 27.6 Å². The Bertz CT molecular complexity index is 1410. The highest BCUT2D eigenvalue weighted by Crippen LogP contribution is 2.26. The summed E-state index contributed by atoms with van der Waals surface area (Å²) in [5.41, 5.74) is 1.99. The van der Waals surface area contributed by atoms with E-state index in [1.807, 2.05) is 18.2 Å². The second-order valence-electron chi connectivity index (χ2n) is 6.88. The fraction of sp³-hybridized carbons (Fsp3) is 0.0909. The second kappa shape index (κ2) is 10.0. The summed E-state index contributed by atoms with van der Waals surface area (Å²) in [6, 6.07) is 18.0. The van der Waals surface area contributed by atoms with E-state index in [0.29, 0.717) is 33.4 Å². The molecule has 0 saturated heterocycles. The molecule has 4 rings (SSSR count). The van der Waals surface area contributed by atoms with Crippen molar-refractivity contribution < 1.29 is 17.6 Å². The molecule has 0 aliphatic rings. The van der Waals surface area contributed by atoms with Crippen LogP contribution in [0.25, 0.3) is 11.1 Å². The van der Waals surface area contributed by atoms with Gasteiger partial charge < -0.3 is 9.73 Å². The highest BCUT2D eigenvalue weighted by atomic mass is 35.5. The van der Waals surface area contributed by atoms with Crippen LogP contribution in [0, 0.1) is 0 Å². The zero-order valence-electron chi connectivity index (χ0n) is 16.9. The molecule has 1 amide bonds. The molecule has 7 nitrogen and oxygen atoms in total. The first kappa shape index (κ1) is 23.4. The highest BCUT2D eigenvalue weighted by molar-refractivity contribution is 7.99. The van der Waals surface area contributed by atoms with Crippen LogP contribution in [0.3, 0.4) is 0 Å². The summed E-state index contributed by atoms with van der Waals surface area (Å²) in [5, 5.41) is 4.14. The van der Waals surface area contributed by atoms with Crippen molar-refractivity contribution >= 4 is 67.7 Å². The predicted octanol–water partition coefficient (Wildman–Crippen LogP) is 5.34. The standard InChI is InChI=1S/C22H17Cl2N3O4S2/c23-15-5-7-16(8-6-15)27-33(29,30)17-9-10-20-19(11-17)26-22(31-20)32-13-21(28)25-12-14-3-1-2-4-18(14)24/h1-11,27H,12-13H2,(H,25,28). The molecule has 33 heavy (non-hydrogen) atoms. The Labute approximate surface area is 204 Å². The van der Waals surface area contributed by atoms with Crippen LogP contribution in [-0.4, -0.2) is 25.1 Å². The monoisotopic (exact) mass is 521 g/mol. The Morgan fingerprint density at radius 1 is 1.03 bits per heavy atom. The van der Waals surface area contributed by atoms with Gasteiger partial charge >= 0.3 is 0 Å². The fourth-order valence-corrected chi connectivity index (χ4v) is 4.94. The summed E-state index contributed by atoms with van der Waals surface area (Å²) < 4.78 is 33.5. The van der Waals surface area contributed by atoms with Gasteiger partial charge in [-0.15, -0.1) is 0 Å². The molecule has 170 valence electrons. The van der Waals surface area contributed by atoms with Gasteiger partial charge in [-0.3, -0.25) is 9.52 Å². The SMILES string of the molecule is O=C(CSc1nc2cc(S(=O)(=O)Nc3ccc(Cl)cc3)ccc2o1)NCc1ccccc1Cl. The number of nitrogens with one attached hydrogen (secondary N) is 2. The van der Waals surface area contributed by atoms with Crippen LogP contribution in [0.5, 0.6) is 0 Å². The number of amides is 1. The van der Waals surface area contributed by atoms with E-state index in [9.17, 15) is 13.2 Å². The number of thioether (sulfide) groups is 1. The van der Waals surface area contributed by atoms with Crippen LogP contribution in [0.15, 0.2) is 81.3 Å². The third-order valence-electron chi connectivity index (χ3n) is 4.51. The van der Waals surface area contributed by atoms with Crippen molar-refractivity contribution in [2.45, 2.75) is 16.7 Å². The first-order valence-corrected chi connectivity index (χ1v) is 12.8. The molecule has 0 unspecified atom stereocenters. The average Bonchev–Trinajstić information content (AvgIpc) is 3.21. The van der Waals surface area contributed by atoms with Gasteiger partial charge in [0.1, 0.15) is 5.52 Å². The highest BCUT2D eigenvalue weighted by Gasteiger charge is 2.17. The Morgan fingerprint density at radius 3 is 2.55 bits per heavy atom. The fourth-order valence-electron chi connectivity index (χ4n) is 2.86. The zero-order valence-corrected chi connectivity index (χ0v) is 20.1. The van der Waals surface area contributed by atoms with E-state index in [2.05, 4.69) is 15.0 Å². The van der Waals surface area contributed by atoms with Gasteiger partial charge in [0, 0.05) is 22.3 Å². The number of anilines is 1. The Balaban J connectivity index is 1.39. The predicted molar refractivity (Wildman–Crippen MR) is 130 cm³/mol. The molecule has 4 aromatic rings. The number of benzene rings is 3. The molecule has 2 N–H and O–H groups in total. The third-order valence-corrected chi connectivity index (χ3v) is 7.33. The maximum Gasteiger partial charge on any atom is 0.261 e. The van der Waals surface area contributed by atoms with Crippen molar-refractivity contribution in [3.05, 3.63) is 82.3 Å². The van der Waals surface area contributed by atoms with Crippen molar-refractivity contribution in [3.63, 3.8) is 0 Å². The molecular formula is C22H17Cl2N3O4S2. The number of halogens is 2. The van der Waals surface area contributed by atoms with Crippen molar-refractivity contribution in [1.29, 1.82) is 0 Å². The maximum absolute atomic E-state index is 12.7. The van der Waals surface area contributed by atoms with Crippen molar-refractivity contribution in [3.8, 4) is 0 Å². The van der Waals surface area contributed by atoms with E-state index in [1.54, 1.807) is 30.3 Å². The summed E-state index contributed by atoms with van der Waals surface area (Å²) in [5.74, 6) is -0.127. The minimum Gasteiger partial charge on any atom is -0.431 e. The van der Waals surface area contributed by atoms with Gasteiger partial charge in [-0.25, -0.2) is 13.4 Å². The minimum atomic E-state index is -3.83. The van der Waals surface area contributed by atoms with Crippen molar-refractivity contribution in [2.24, 2.45) is 0 Å². The van der Waals surface area contributed by atoms with Gasteiger partial charge in [-0.1, -0.05) is 53.2 Å². The van der Waals surface area contributed by atoms with E-state index in [0.717, 1.165) is 17.3 Å². The van der Waals surface area contributed by atoms with E-state index in [-0.39, 0.29) is 21.8 Å². The van der Waals surface area contributed by atoms with E-state index >= 15 is 0 Å². The molecule has 0 spiro atoms. The lowest BCUT2D eigenvalue weighted by atomic mass is 10.2. The topological polar surface area (TPSA) is 101 Å². The minimum absolute atomic E-state index is 0.0345. The smallest absolute Gasteiger partial charge is 0.261 e. The third kappa shape index (κ3) is 6.00. The van der Waals surface area contributed by atoms with Gasteiger partial charge in [0.05, 0.1) is 10.6 Å². The van der Waals surface area contributed by atoms with Gasteiger partial charge in [-0.05, 0) is 54.1 Å². The van der Waals surface area contributed by atoms with E-state index in [1.165, 1.54) is 18.2 Å². The van der Waals surface area contributed by atoms with Crippen LogP contribution in [0.4, 0.5) is 5.69 Å². The summed E-state index contributed by atoms with van der Waals surface area (Å²) in [7, 11) is -3.83. The molecule has 0 aliphatic carbocycles. The van der Waals surface area contributed by atoms with Crippen LogP contribution in [-0.2, 0) is 21.4 Å². The molecule has 0 radical (unpaired) electrons. The lowest BCUT2D eigenvalue weighted by molar-refractivity contribution is -0.118. The molecule has 0 bridgehead atoms. The Morgan fingerprint density at radius 2 is 1.79 bits per heavy atom. The molecule has 1 aromatic heterocycles. The lowest BCUT2D eigenvalue weighted by Crippen LogP contribution is -2.24. The van der Waals surface area contributed by atoms with Crippen molar-refractivity contribution in [2.75, 3.05) is 10.5 Å². The maximum atomic E-state index is 12.7. The Kier molecular flexibility index (Phi) is 7.14. The first-order chi connectivity index (χ1) is 15.8. The molecule has 0 saturated carbocycles. The quantitative estimate of drug-likeness (QED) is 0.303. The zero-order chi connectivity index (χ0) is 23.4. The number of hydrogen-bond donors (Lipinski definition) is 2. The summed E-state index contributed by atoms with van der Waals surface area (Å²) >= 11 is 13.0. The number of carbonyl (C=O) groups excluding carboxylic acids is 1. The molecule has 0 aliphatic heterocycles. The molecule has 0 fully saturated rings. The largest absolute Gasteiger partial charge is 0.431 e. The number of sulfonamides is 1. The first-order valence-electron chi connectivity index (χ1n) is 9.62. The number of rotatable bonds is 8. The van der Waals surface area contributed by atoms with Crippen LogP contribution in [0.1, 0.15) is 5.56 Å². The molecule has 1 heterocycles. The van der Waals surface area contributed by atoms with Gasteiger partial charge in [0.2, 0.25) is 5.91 Å². The molecule has 11 heteroatoms. The number of oxazole rings is 1. The number of fused-ring (bicyclic) bond motifs is 1. The van der Waals surface area contributed by atoms with Crippen molar-refractivity contribution in [1.82, 2.24) is 10.3 Å². The van der Waals surface area contributed by atoms with E-state index < -0.39 is 10.0 Å². The van der Waals surface area contributed by atoms with Crippen LogP contribution >= 0.6 is 35.0 Å². The van der Waals surface area contributed by atoms with Gasteiger partial charge in [0.15, 0.2) is 5.58 Å².